The van der Waals surface area contributed by atoms with E-state index in [1.807, 2.05) is 23.1 Å². The van der Waals surface area contributed by atoms with Crippen molar-refractivity contribution in [3.05, 3.63) is 50.7 Å². The topological polar surface area (TPSA) is 47.3 Å². The van der Waals surface area contributed by atoms with Crippen LogP contribution in [0.5, 0.6) is 5.75 Å². The van der Waals surface area contributed by atoms with Crippen LogP contribution in [0, 0.1) is 0 Å². The van der Waals surface area contributed by atoms with Gasteiger partial charge in [-0.1, -0.05) is 6.07 Å². The Labute approximate surface area is 132 Å². The minimum atomic E-state index is 0.0801. The molecule has 2 aliphatic rings. The molecule has 1 aromatic carbocycles. The molecule has 110 valence electrons. The van der Waals surface area contributed by atoms with Crippen LogP contribution in [-0.2, 0) is 18.6 Å². The summed E-state index contributed by atoms with van der Waals surface area (Å²) >= 11 is 3.93. The minimum Gasteiger partial charge on any atom is -0.493 e. The van der Waals surface area contributed by atoms with Gasteiger partial charge in [-0.05, 0) is 47.1 Å². The van der Waals surface area contributed by atoms with Crippen LogP contribution >= 0.6 is 23.1 Å². The van der Waals surface area contributed by atoms with Gasteiger partial charge in [-0.15, -0.1) is 11.3 Å². The van der Waals surface area contributed by atoms with Gasteiger partial charge in [0.05, 0.1) is 12.6 Å². The van der Waals surface area contributed by atoms with Crippen LogP contribution in [0.4, 0.5) is 0 Å². The molecule has 3 N–H and O–H groups in total. The third-order valence-electron chi connectivity index (χ3n) is 4.14. The van der Waals surface area contributed by atoms with Gasteiger partial charge >= 0.3 is 0 Å². The maximum atomic E-state index is 5.86. The number of fused-ring (bicyclic) bond motifs is 2. The van der Waals surface area contributed by atoms with Crippen LogP contribution < -0.4 is 16.0 Å². The number of nitrogens with two attached hydrogens (primary N) is 1. The molecule has 5 heteroatoms. The van der Waals surface area contributed by atoms with Crippen LogP contribution in [0.25, 0.3) is 0 Å². The molecule has 0 radical (unpaired) electrons. The molecule has 0 bridgehead atoms. The van der Waals surface area contributed by atoms with Gasteiger partial charge in [0.2, 0.25) is 0 Å². The third kappa shape index (κ3) is 2.48. The quantitative estimate of drug-likeness (QED) is 0.674. The molecule has 2 aromatic rings. The maximum Gasteiger partial charge on any atom is 0.122 e. The fourth-order valence-electron chi connectivity index (χ4n) is 3.04. The molecule has 2 aliphatic heterocycles. The molecule has 0 aliphatic carbocycles. The number of nitrogens with one attached hydrogen (secondary N) is 1. The number of aryl methyl sites for hydroxylation is 1. The lowest BCUT2D eigenvalue weighted by Gasteiger charge is -2.15. The van der Waals surface area contributed by atoms with E-state index < -0.39 is 0 Å². The Kier molecular flexibility index (Phi) is 3.67. The van der Waals surface area contributed by atoms with E-state index in [1.54, 1.807) is 0 Å². The second-order valence-electron chi connectivity index (χ2n) is 5.47. The molecule has 0 spiro atoms. The van der Waals surface area contributed by atoms with Gasteiger partial charge in [-0.25, -0.2) is 5.43 Å². The molecule has 1 atom stereocenters. The van der Waals surface area contributed by atoms with Gasteiger partial charge in [0, 0.05) is 21.9 Å². The lowest BCUT2D eigenvalue weighted by atomic mass is 10.0. The van der Waals surface area contributed by atoms with Crippen LogP contribution in [0.3, 0.4) is 0 Å². The summed E-state index contributed by atoms with van der Waals surface area (Å²) in [5.41, 5.74) is 7.02. The van der Waals surface area contributed by atoms with Crippen molar-refractivity contribution < 1.29 is 4.74 Å². The highest BCUT2D eigenvalue weighted by molar-refractivity contribution is 7.98. The minimum absolute atomic E-state index is 0.0801. The van der Waals surface area contributed by atoms with Gasteiger partial charge in [0.25, 0.3) is 0 Å². The number of rotatable bonds is 3. The van der Waals surface area contributed by atoms with E-state index in [0.29, 0.717) is 0 Å². The van der Waals surface area contributed by atoms with E-state index in [4.69, 9.17) is 10.6 Å². The van der Waals surface area contributed by atoms with Gasteiger partial charge < -0.3 is 4.74 Å². The molecule has 0 fully saturated rings. The van der Waals surface area contributed by atoms with Gasteiger partial charge in [-0.3, -0.25) is 5.84 Å². The molecular formula is C16H18N2OS2. The smallest absolute Gasteiger partial charge is 0.122 e. The molecule has 0 saturated heterocycles. The first-order valence-electron chi connectivity index (χ1n) is 7.26. The molecule has 1 aromatic heterocycles. The Hall–Kier alpha value is -1.01. The first-order chi connectivity index (χ1) is 10.3. The third-order valence-corrected chi connectivity index (χ3v) is 6.45. The number of hydrazine groups is 1. The molecule has 3 nitrogen and oxygen atoms in total. The normalized spacial score (nSPS) is 18.0. The lowest BCUT2D eigenvalue weighted by Crippen LogP contribution is -2.28. The summed E-state index contributed by atoms with van der Waals surface area (Å²) in [5, 5.41) is 0. The van der Waals surface area contributed by atoms with E-state index in [0.717, 1.165) is 24.5 Å². The molecular weight excluding hydrogens is 300 g/mol. The Morgan fingerprint density at radius 3 is 3.00 bits per heavy atom. The van der Waals surface area contributed by atoms with Crippen molar-refractivity contribution in [3.63, 3.8) is 0 Å². The SMILES string of the molecule is NNC(c1ccc2c(c1)CCO2)c1cc2c(s1)CCSC2. The van der Waals surface area contributed by atoms with Crippen molar-refractivity contribution in [2.45, 2.75) is 24.6 Å². The summed E-state index contributed by atoms with van der Waals surface area (Å²) in [6.45, 7) is 0.796. The standard InChI is InChI=1S/C16H18N2OS2/c17-18-16(11-1-2-13-10(7-11)3-5-19-13)15-8-12-9-20-6-4-14(12)21-15/h1-2,7-8,16,18H,3-6,9,17H2. The summed E-state index contributed by atoms with van der Waals surface area (Å²) in [5.74, 6) is 9.26. The fraction of sp³-hybridized carbons (Fsp3) is 0.375. The fourth-order valence-corrected chi connectivity index (χ4v) is 5.51. The van der Waals surface area contributed by atoms with E-state index in [9.17, 15) is 0 Å². The molecule has 1 unspecified atom stereocenters. The summed E-state index contributed by atoms with van der Waals surface area (Å²) in [6, 6.07) is 8.85. The number of ether oxygens (including phenoxy) is 1. The number of hydrogen-bond donors (Lipinski definition) is 2. The average molecular weight is 318 g/mol. The number of hydrogen-bond acceptors (Lipinski definition) is 5. The molecule has 21 heavy (non-hydrogen) atoms. The van der Waals surface area contributed by atoms with Crippen molar-refractivity contribution in [1.29, 1.82) is 0 Å². The highest BCUT2D eigenvalue weighted by Crippen LogP contribution is 2.37. The van der Waals surface area contributed by atoms with Gasteiger partial charge in [0.15, 0.2) is 0 Å². The first-order valence-corrected chi connectivity index (χ1v) is 9.23. The zero-order valence-electron chi connectivity index (χ0n) is 11.7. The van der Waals surface area contributed by atoms with Crippen molar-refractivity contribution >= 4 is 23.1 Å². The Bertz CT molecular complexity index is 645. The van der Waals surface area contributed by atoms with Crippen LogP contribution in [0.1, 0.15) is 32.5 Å². The van der Waals surface area contributed by atoms with Crippen LogP contribution in [-0.4, -0.2) is 12.4 Å². The van der Waals surface area contributed by atoms with Crippen molar-refractivity contribution in [2.75, 3.05) is 12.4 Å². The maximum absolute atomic E-state index is 5.86. The Morgan fingerprint density at radius 2 is 2.14 bits per heavy atom. The molecule has 4 rings (SSSR count). The first kappa shape index (κ1) is 13.6. The number of thiophene rings is 1. The predicted octanol–water partition coefficient (Wildman–Crippen LogP) is 3.03. The molecule has 0 saturated carbocycles. The highest BCUT2D eigenvalue weighted by Gasteiger charge is 2.22. The molecule has 3 heterocycles. The Balaban J connectivity index is 1.69. The lowest BCUT2D eigenvalue weighted by molar-refractivity contribution is 0.357. The van der Waals surface area contributed by atoms with Crippen LogP contribution in [0.2, 0.25) is 0 Å². The number of benzene rings is 1. The zero-order valence-corrected chi connectivity index (χ0v) is 13.4. The highest BCUT2D eigenvalue weighted by atomic mass is 32.2. The Morgan fingerprint density at radius 1 is 1.19 bits per heavy atom. The zero-order chi connectivity index (χ0) is 14.2. The second kappa shape index (κ2) is 5.65. The van der Waals surface area contributed by atoms with E-state index >= 15 is 0 Å². The van der Waals surface area contributed by atoms with E-state index in [2.05, 4.69) is 29.7 Å². The van der Waals surface area contributed by atoms with Crippen molar-refractivity contribution in [1.82, 2.24) is 5.43 Å². The van der Waals surface area contributed by atoms with Gasteiger partial charge in [0.1, 0.15) is 5.75 Å². The van der Waals surface area contributed by atoms with Crippen LogP contribution in [0.15, 0.2) is 24.3 Å². The molecule has 0 amide bonds. The van der Waals surface area contributed by atoms with Crippen molar-refractivity contribution in [3.8, 4) is 5.75 Å². The predicted molar refractivity (Wildman–Crippen MR) is 89.0 cm³/mol. The number of thioether (sulfide) groups is 1. The summed E-state index contributed by atoms with van der Waals surface area (Å²) < 4.78 is 5.59. The van der Waals surface area contributed by atoms with Crippen molar-refractivity contribution in [2.24, 2.45) is 5.84 Å². The van der Waals surface area contributed by atoms with Gasteiger partial charge in [-0.2, -0.15) is 11.8 Å². The summed E-state index contributed by atoms with van der Waals surface area (Å²) in [6.07, 6.45) is 2.19. The largest absolute Gasteiger partial charge is 0.493 e. The second-order valence-corrected chi connectivity index (χ2v) is 7.74. The average Bonchev–Trinajstić information content (AvgIpc) is 3.13. The summed E-state index contributed by atoms with van der Waals surface area (Å²) in [4.78, 5) is 2.86. The van der Waals surface area contributed by atoms with E-state index in [1.165, 1.54) is 38.6 Å². The summed E-state index contributed by atoms with van der Waals surface area (Å²) in [7, 11) is 0. The van der Waals surface area contributed by atoms with E-state index in [-0.39, 0.29) is 6.04 Å². The monoisotopic (exact) mass is 318 g/mol.